The van der Waals surface area contributed by atoms with Crippen LogP contribution in [0.2, 0.25) is 0 Å². The number of ether oxygens (including phenoxy) is 1. The molecule has 1 N–H and O–H groups in total. The number of amides is 2. The number of likely N-dealkylation sites (tertiary alicyclic amines) is 1. The minimum atomic E-state index is -1.23. The predicted molar refractivity (Wildman–Crippen MR) is 108 cm³/mol. The van der Waals surface area contributed by atoms with Gasteiger partial charge in [0, 0.05) is 29.5 Å². The minimum absolute atomic E-state index is 0.120. The number of benzene rings is 1. The number of allylic oxidation sites excluding steroid dienone is 1. The van der Waals surface area contributed by atoms with Gasteiger partial charge in [0.2, 0.25) is 5.91 Å². The van der Waals surface area contributed by atoms with Gasteiger partial charge in [-0.15, -0.1) is 0 Å². The van der Waals surface area contributed by atoms with E-state index in [2.05, 4.69) is 5.32 Å². The molecule has 0 bridgehead atoms. The first-order valence-corrected chi connectivity index (χ1v) is 9.42. The third-order valence-electron chi connectivity index (χ3n) is 5.17. The lowest BCUT2D eigenvalue weighted by molar-refractivity contribution is -0.165. The second-order valence-electron chi connectivity index (χ2n) is 8.55. The van der Waals surface area contributed by atoms with Crippen molar-refractivity contribution in [2.75, 3.05) is 7.11 Å². The van der Waals surface area contributed by atoms with Gasteiger partial charge >= 0.3 is 5.97 Å². The van der Waals surface area contributed by atoms with Crippen molar-refractivity contribution >= 4 is 17.8 Å². The van der Waals surface area contributed by atoms with Gasteiger partial charge in [-0.05, 0) is 52.8 Å². The highest BCUT2D eigenvalue weighted by molar-refractivity contribution is 5.98. The van der Waals surface area contributed by atoms with E-state index >= 15 is 0 Å². The van der Waals surface area contributed by atoms with E-state index in [0.29, 0.717) is 5.56 Å². The predicted octanol–water partition coefficient (Wildman–Crippen LogP) is 3.08. The Bertz CT molecular complexity index is 763. The van der Waals surface area contributed by atoms with Gasteiger partial charge < -0.3 is 15.0 Å². The summed E-state index contributed by atoms with van der Waals surface area (Å²) in [5.74, 6) is -0.966. The molecule has 0 radical (unpaired) electrons. The maximum atomic E-state index is 12.9. The van der Waals surface area contributed by atoms with E-state index in [9.17, 15) is 14.4 Å². The molecule has 0 atom stereocenters. The van der Waals surface area contributed by atoms with Gasteiger partial charge in [0.1, 0.15) is 5.54 Å². The number of hydrogen-bond acceptors (Lipinski definition) is 4. The fourth-order valence-corrected chi connectivity index (χ4v) is 4.69. The van der Waals surface area contributed by atoms with Crippen LogP contribution in [0.25, 0.3) is 0 Å². The van der Waals surface area contributed by atoms with Crippen molar-refractivity contribution in [3.8, 4) is 0 Å². The van der Waals surface area contributed by atoms with Crippen molar-refractivity contribution in [3.05, 3.63) is 48.0 Å². The zero-order chi connectivity index (χ0) is 21.2. The Morgan fingerprint density at radius 1 is 1.04 bits per heavy atom. The van der Waals surface area contributed by atoms with E-state index in [4.69, 9.17) is 4.74 Å². The lowest BCUT2D eigenvalue weighted by Crippen LogP contribution is -2.72. The van der Waals surface area contributed by atoms with Gasteiger partial charge in [0.05, 0.1) is 7.11 Å². The molecule has 1 aliphatic rings. The maximum Gasteiger partial charge on any atom is 0.331 e. The van der Waals surface area contributed by atoms with Crippen molar-refractivity contribution in [3.63, 3.8) is 0 Å². The largest absolute Gasteiger partial charge is 0.467 e. The summed E-state index contributed by atoms with van der Waals surface area (Å²) in [6.45, 7) is 9.41. The topological polar surface area (TPSA) is 75.7 Å². The van der Waals surface area contributed by atoms with Gasteiger partial charge in [-0.3, -0.25) is 9.59 Å². The number of esters is 1. The molecule has 1 aromatic rings. The average Bonchev–Trinajstić information content (AvgIpc) is 2.59. The van der Waals surface area contributed by atoms with Crippen LogP contribution in [0.4, 0.5) is 0 Å². The van der Waals surface area contributed by atoms with Gasteiger partial charge in [0.25, 0.3) is 5.91 Å². The van der Waals surface area contributed by atoms with Crippen molar-refractivity contribution in [1.29, 1.82) is 0 Å². The van der Waals surface area contributed by atoms with Crippen LogP contribution in [0.15, 0.2) is 42.5 Å². The van der Waals surface area contributed by atoms with Crippen LogP contribution < -0.4 is 5.32 Å². The van der Waals surface area contributed by atoms with Gasteiger partial charge in [-0.1, -0.05) is 24.3 Å². The molecule has 152 valence electrons. The number of carbonyl (C=O) groups is 3. The summed E-state index contributed by atoms with van der Waals surface area (Å²) in [5, 5.41) is 2.93. The highest BCUT2D eigenvalue weighted by Crippen LogP contribution is 2.44. The highest BCUT2D eigenvalue weighted by atomic mass is 16.5. The van der Waals surface area contributed by atoms with Crippen molar-refractivity contribution in [2.45, 2.75) is 64.1 Å². The van der Waals surface area contributed by atoms with Crippen LogP contribution in [0, 0.1) is 0 Å². The summed E-state index contributed by atoms with van der Waals surface area (Å²) in [6, 6.07) is 8.75. The van der Waals surface area contributed by atoms with E-state index in [1.807, 2.05) is 33.8 Å². The van der Waals surface area contributed by atoms with Gasteiger partial charge in [-0.2, -0.15) is 0 Å². The molecule has 6 heteroatoms. The summed E-state index contributed by atoms with van der Waals surface area (Å²) in [5.41, 5.74) is -2.14. The first-order valence-electron chi connectivity index (χ1n) is 9.42. The Balaban J connectivity index is 2.47. The highest BCUT2D eigenvalue weighted by Gasteiger charge is 2.58. The van der Waals surface area contributed by atoms with E-state index in [1.54, 1.807) is 42.2 Å². The summed E-state index contributed by atoms with van der Waals surface area (Å²) in [7, 11) is 1.32. The number of carbonyl (C=O) groups excluding carboxylic acids is 3. The van der Waals surface area contributed by atoms with E-state index in [0.717, 1.165) is 0 Å². The van der Waals surface area contributed by atoms with E-state index < -0.39 is 22.6 Å². The van der Waals surface area contributed by atoms with Crippen LogP contribution >= 0.6 is 0 Å². The molecule has 0 spiro atoms. The lowest BCUT2D eigenvalue weighted by atomic mass is 9.68. The third kappa shape index (κ3) is 4.11. The van der Waals surface area contributed by atoms with Crippen LogP contribution in [-0.2, 0) is 14.3 Å². The van der Waals surface area contributed by atoms with Crippen molar-refractivity contribution in [1.82, 2.24) is 10.2 Å². The Kier molecular flexibility index (Phi) is 6.02. The number of hydrogen-bond donors (Lipinski definition) is 1. The Labute approximate surface area is 166 Å². The Morgan fingerprint density at radius 3 is 2.04 bits per heavy atom. The molecule has 0 aliphatic carbocycles. The number of methoxy groups -OCH3 is 1. The first kappa shape index (κ1) is 21.7. The summed E-state index contributed by atoms with van der Waals surface area (Å²) in [4.78, 5) is 40.3. The smallest absolute Gasteiger partial charge is 0.331 e. The van der Waals surface area contributed by atoms with Crippen LogP contribution in [0.3, 0.4) is 0 Å². The molecule has 1 fully saturated rings. The van der Waals surface area contributed by atoms with Crippen LogP contribution in [-0.4, -0.2) is 46.4 Å². The maximum absolute atomic E-state index is 12.9. The fraction of sp³-hybridized carbons (Fsp3) is 0.500. The Hall–Kier alpha value is -2.63. The number of nitrogens with zero attached hydrogens (tertiary/aromatic N) is 1. The summed E-state index contributed by atoms with van der Waals surface area (Å²) in [6.07, 6.45) is 3.72. The second kappa shape index (κ2) is 7.78. The number of piperidine rings is 1. The molecule has 1 saturated heterocycles. The van der Waals surface area contributed by atoms with Crippen LogP contribution in [0.5, 0.6) is 0 Å². The fourth-order valence-electron chi connectivity index (χ4n) is 4.69. The van der Waals surface area contributed by atoms with Crippen molar-refractivity contribution < 1.29 is 19.1 Å². The van der Waals surface area contributed by atoms with Gasteiger partial charge in [0.15, 0.2) is 0 Å². The van der Waals surface area contributed by atoms with E-state index in [-0.39, 0.29) is 24.7 Å². The van der Waals surface area contributed by atoms with Crippen LogP contribution in [0.1, 0.15) is 57.8 Å². The molecule has 1 aromatic carbocycles. The van der Waals surface area contributed by atoms with Crippen molar-refractivity contribution in [2.24, 2.45) is 0 Å². The average molecular weight is 386 g/mol. The zero-order valence-electron chi connectivity index (χ0n) is 17.5. The normalized spacial score (nSPS) is 19.9. The molecular weight excluding hydrogens is 356 g/mol. The van der Waals surface area contributed by atoms with E-state index in [1.165, 1.54) is 13.2 Å². The molecule has 6 nitrogen and oxygen atoms in total. The monoisotopic (exact) mass is 386 g/mol. The zero-order valence-corrected chi connectivity index (χ0v) is 17.5. The Morgan fingerprint density at radius 2 is 1.57 bits per heavy atom. The molecule has 0 saturated carbocycles. The molecular formula is C22H30N2O4. The molecule has 0 aromatic heterocycles. The van der Waals surface area contributed by atoms with Gasteiger partial charge in [-0.25, -0.2) is 4.79 Å². The molecule has 1 aliphatic heterocycles. The quantitative estimate of drug-likeness (QED) is 0.637. The standard InChI is InChI=1S/C22H30N2O4/c1-7-11-17(25)24-20(2,3)14-22(19(27)28-6,15-21(24,4)5)23-18(26)16-12-9-8-10-13-16/h7-13H,14-15H2,1-6H3,(H,23,26)/b11-7+. The molecule has 28 heavy (non-hydrogen) atoms. The second-order valence-corrected chi connectivity index (χ2v) is 8.55. The third-order valence-corrected chi connectivity index (χ3v) is 5.17. The summed E-state index contributed by atoms with van der Waals surface area (Å²) >= 11 is 0. The first-order chi connectivity index (χ1) is 13.0. The molecule has 2 rings (SSSR count). The number of rotatable bonds is 4. The molecule has 2 amide bonds. The number of nitrogens with one attached hydrogen (secondary N) is 1. The lowest BCUT2D eigenvalue weighted by Gasteiger charge is -2.58. The summed E-state index contributed by atoms with van der Waals surface area (Å²) < 4.78 is 5.09. The SMILES string of the molecule is C/C=C/C(=O)N1C(C)(C)CC(NC(=O)c2ccccc2)(C(=O)OC)CC1(C)C. The molecule has 0 unspecified atom stereocenters. The molecule has 1 heterocycles. The minimum Gasteiger partial charge on any atom is -0.467 e.